The fourth-order valence-corrected chi connectivity index (χ4v) is 5.81. The first-order valence-electron chi connectivity index (χ1n) is 9.72. The molecule has 2 saturated carbocycles. The second kappa shape index (κ2) is 7.65. The maximum atomic E-state index is 13.1. The first kappa shape index (κ1) is 20.8. The molecule has 0 spiro atoms. The number of nitrogens with one attached hydrogen (secondary N) is 1. The Morgan fingerprint density at radius 3 is 2.69 bits per heavy atom. The third kappa shape index (κ3) is 4.08. The Morgan fingerprint density at radius 1 is 1.31 bits per heavy atom. The predicted molar refractivity (Wildman–Crippen MR) is 105 cm³/mol. The van der Waals surface area contributed by atoms with Crippen molar-refractivity contribution in [3.8, 4) is 0 Å². The molecule has 2 aromatic heterocycles. The lowest BCUT2D eigenvalue weighted by Gasteiger charge is -2.29. The van der Waals surface area contributed by atoms with Crippen LogP contribution in [0.5, 0.6) is 0 Å². The van der Waals surface area contributed by atoms with Crippen molar-refractivity contribution in [1.82, 2.24) is 19.9 Å². The molecule has 2 aliphatic carbocycles. The van der Waals surface area contributed by atoms with Gasteiger partial charge in [0.1, 0.15) is 0 Å². The van der Waals surface area contributed by atoms with E-state index in [9.17, 15) is 18.0 Å². The number of pyridine rings is 1. The first-order valence-corrected chi connectivity index (χ1v) is 11.0. The second-order valence-corrected chi connectivity index (χ2v) is 9.86. The third-order valence-corrected chi connectivity index (χ3v) is 7.55. The van der Waals surface area contributed by atoms with E-state index in [-0.39, 0.29) is 27.8 Å². The number of rotatable bonds is 5. The van der Waals surface area contributed by atoms with Crippen LogP contribution in [0.2, 0.25) is 5.02 Å². The van der Waals surface area contributed by atoms with Crippen LogP contribution in [-0.2, 0) is 11.0 Å². The number of halogens is 4. The average Bonchev–Trinajstić information content (AvgIpc) is 3.36. The van der Waals surface area contributed by atoms with Gasteiger partial charge < -0.3 is 5.32 Å². The Bertz CT molecular complexity index is 934. The van der Waals surface area contributed by atoms with E-state index >= 15 is 0 Å². The molecule has 0 aromatic carbocycles. The molecule has 1 amide bonds. The molecule has 2 bridgehead atoms. The van der Waals surface area contributed by atoms with E-state index in [1.54, 1.807) is 6.92 Å². The number of amides is 1. The molecule has 0 aliphatic heterocycles. The van der Waals surface area contributed by atoms with E-state index in [2.05, 4.69) is 15.5 Å². The zero-order chi connectivity index (χ0) is 20.9. The Balaban J connectivity index is 1.46. The fraction of sp³-hybridized carbons (Fsp3) is 0.632. The number of nitrogens with zero attached hydrogens (tertiary/aromatic N) is 3. The van der Waals surface area contributed by atoms with Crippen molar-refractivity contribution in [2.24, 2.45) is 17.8 Å². The molecule has 29 heavy (non-hydrogen) atoms. The van der Waals surface area contributed by atoms with E-state index in [1.165, 1.54) is 30.1 Å². The SMILES string of the molecule is C[C@@H](Sc1nnc2c(Cl)cc(C(F)(F)F)cn12)C(=O)N[C@H](C)[C@@H]1C[C@@H]2CC[C@@H]1C2. The Kier molecular flexibility index (Phi) is 5.48. The fourth-order valence-electron chi connectivity index (χ4n) is 4.74. The van der Waals surface area contributed by atoms with Crippen LogP contribution < -0.4 is 5.32 Å². The zero-order valence-corrected chi connectivity index (χ0v) is 17.6. The molecule has 2 heterocycles. The highest BCUT2D eigenvalue weighted by molar-refractivity contribution is 8.00. The molecule has 0 radical (unpaired) electrons. The van der Waals surface area contributed by atoms with Gasteiger partial charge in [0.2, 0.25) is 5.91 Å². The Hall–Kier alpha value is -1.48. The number of carbonyl (C=O) groups is 1. The van der Waals surface area contributed by atoms with Crippen LogP contribution >= 0.6 is 23.4 Å². The predicted octanol–water partition coefficient (Wildman–Crippen LogP) is 4.82. The number of carbonyl (C=O) groups excluding carboxylic acids is 1. The van der Waals surface area contributed by atoms with Crippen molar-refractivity contribution >= 4 is 34.9 Å². The number of hydrogen-bond acceptors (Lipinski definition) is 4. The normalized spacial score (nSPS) is 26.1. The largest absolute Gasteiger partial charge is 0.417 e. The van der Waals surface area contributed by atoms with Crippen molar-refractivity contribution in [3.05, 3.63) is 22.8 Å². The zero-order valence-electron chi connectivity index (χ0n) is 16.0. The smallest absolute Gasteiger partial charge is 0.352 e. The second-order valence-electron chi connectivity index (χ2n) is 8.15. The summed E-state index contributed by atoms with van der Waals surface area (Å²) in [5.74, 6) is 1.85. The molecule has 2 fully saturated rings. The van der Waals surface area contributed by atoms with Gasteiger partial charge >= 0.3 is 6.18 Å². The van der Waals surface area contributed by atoms with Crippen LogP contribution in [0.4, 0.5) is 13.2 Å². The monoisotopic (exact) mass is 446 g/mol. The molecular formula is C19H22ClF3N4OS. The average molecular weight is 447 g/mol. The number of aromatic nitrogens is 3. The van der Waals surface area contributed by atoms with Crippen molar-refractivity contribution in [2.45, 2.75) is 62.2 Å². The van der Waals surface area contributed by atoms with Gasteiger partial charge in [0.15, 0.2) is 10.8 Å². The van der Waals surface area contributed by atoms with Crippen LogP contribution in [0.3, 0.4) is 0 Å². The van der Waals surface area contributed by atoms with E-state index in [1.807, 2.05) is 6.92 Å². The van der Waals surface area contributed by atoms with E-state index in [0.717, 1.165) is 29.9 Å². The molecule has 2 aromatic rings. The summed E-state index contributed by atoms with van der Waals surface area (Å²) in [6, 6.07) is 0.912. The third-order valence-electron chi connectivity index (χ3n) is 6.21. The molecular weight excluding hydrogens is 425 g/mol. The Labute approximate surface area is 175 Å². The van der Waals surface area contributed by atoms with Gasteiger partial charge in [-0.05, 0) is 56.9 Å². The van der Waals surface area contributed by atoms with Gasteiger partial charge in [0.05, 0.1) is 15.8 Å². The molecule has 5 atom stereocenters. The van der Waals surface area contributed by atoms with E-state index in [4.69, 9.17) is 11.6 Å². The summed E-state index contributed by atoms with van der Waals surface area (Å²) in [5.41, 5.74) is -0.760. The molecule has 4 rings (SSSR count). The lowest BCUT2D eigenvalue weighted by atomic mass is 9.84. The minimum Gasteiger partial charge on any atom is -0.352 e. The summed E-state index contributed by atoms with van der Waals surface area (Å²) in [6.07, 6.45) is 1.35. The van der Waals surface area contributed by atoms with Crippen LogP contribution in [0.25, 0.3) is 5.65 Å². The first-order chi connectivity index (χ1) is 13.6. The van der Waals surface area contributed by atoms with Crippen LogP contribution in [0.1, 0.15) is 45.1 Å². The number of thioether (sulfide) groups is 1. The minimum absolute atomic E-state index is 0.0854. The number of hydrogen-bond donors (Lipinski definition) is 1. The molecule has 2 aliphatic rings. The van der Waals surface area contributed by atoms with E-state index in [0.29, 0.717) is 11.8 Å². The number of alkyl halides is 3. The van der Waals surface area contributed by atoms with Gasteiger partial charge in [0.25, 0.3) is 0 Å². The van der Waals surface area contributed by atoms with Crippen LogP contribution in [-0.4, -0.2) is 31.8 Å². The summed E-state index contributed by atoms with van der Waals surface area (Å²) < 4.78 is 40.5. The van der Waals surface area contributed by atoms with Gasteiger partial charge in [-0.3, -0.25) is 9.20 Å². The summed E-state index contributed by atoms with van der Waals surface area (Å²) in [6.45, 7) is 3.76. The molecule has 1 N–H and O–H groups in total. The van der Waals surface area contributed by atoms with Gasteiger partial charge in [-0.25, -0.2) is 0 Å². The van der Waals surface area contributed by atoms with Crippen molar-refractivity contribution in [1.29, 1.82) is 0 Å². The van der Waals surface area contributed by atoms with Gasteiger partial charge in [0, 0.05) is 12.2 Å². The van der Waals surface area contributed by atoms with Gasteiger partial charge in [-0.1, -0.05) is 29.8 Å². The molecule has 5 nitrogen and oxygen atoms in total. The number of fused-ring (bicyclic) bond motifs is 3. The maximum Gasteiger partial charge on any atom is 0.417 e. The Morgan fingerprint density at radius 2 is 2.07 bits per heavy atom. The molecule has 0 saturated heterocycles. The lowest BCUT2D eigenvalue weighted by Crippen LogP contribution is -2.43. The highest BCUT2D eigenvalue weighted by atomic mass is 35.5. The highest BCUT2D eigenvalue weighted by Crippen LogP contribution is 2.49. The summed E-state index contributed by atoms with van der Waals surface area (Å²) >= 11 is 7.01. The topological polar surface area (TPSA) is 59.3 Å². The quantitative estimate of drug-likeness (QED) is 0.669. The van der Waals surface area contributed by atoms with E-state index < -0.39 is 17.0 Å². The highest BCUT2D eigenvalue weighted by Gasteiger charge is 2.42. The summed E-state index contributed by atoms with van der Waals surface area (Å²) in [7, 11) is 0. The van der Waals surface area contributed by atoms with Crippen molar-refractivity contribution < 1.29 is 18.0 Å². The molecule has 0 unspecified atom stereocenters. The van der Waals surface area contributed by atoms with Crippen molar-refractivity contribution in [2.75, 3.05) is 0 Å². The van der Waals surface area contributed by atoms with Crippen LogP contribution in [0.15, 0.2) is 17.4 Å². The van der Waals surface area contributed by atoms with Crippen LogP contribution in [0, 0.1) is 17.8 Å². The molecule has 10 heteroatoms. The van der Waals surface area contributed by atoms with Gasteiger partial charge in [-0.15, -0.1) is 10.2 Å². The maximum absolute atomic E-state index is 13.1. The molecule has 158 valence electrons. The standard InChI is InChI=1S/C19H22ClF3N4OS/c1-9(14-6-11-3-4-12(14)5-11)24-17(28)10(2)29-18-26-25-16-15(20)7-13(8-27(16)18)19(21,22)23/h7-12,14H,3-6H2,1-2H3,(H,24,28)/t9-,10-,11-,12-,14+/m1/s1. The summed E-state index contributed by atoms with van der Waals surface area (Å²) in [4.78, 5) is 12.7. The van der Waals surface area contributed by atoms with Crippen molar-refractivity contribution in [3.63, 3.8) is 0 Å². The summed E-state index contributed by atoms with van der Waals surface area (Å²) in [5, 5.41) is 10.4. The van der Waals surface area contributed by atoms with Gasteiger partial charge in [-0.2, -0.15) is 13.2 Å². The minimum atomic E-state index is -4.54. The lowest BCUT2D eigenvalue weighted by molar-refractivity contribution is -0.137.